The van der Waals surface area contributed by atoms with E-state index in [1.165, 1.54) is 12.8 Å². The summed E-state index contributed by atoms with van der Waals surface area (Å²) in [5, 5.41) is 12.1. The van der Waals surface area contributed by atoms with Crippen molar-refractivity contribution in [2.24, 2.45) is 5.41 Å². The van der Waals surface area contributed by atoms with Crippen LogP contribution in [0.3, 0.4) is 0 Å². The van der Waals surface area contributed by atoms with Crippen molar-refractivity contribution < 1.29 is 19.4 Å². The molecule has 5 heteroatoms. The van der Waals surface area contributed by atoms with Crippen LogP contribution in [0.25, 0.3) is 0 Å². The molecule has 0 heterocycles. The van der Waals surface area contributed by atoms with Gasteiger partial charge >= 0.3 is 5.97 Å². The minimum atomic E-state index is -0.931. The van der Waals surface area contributed by atoms with Gasteiger partial charge < -0.3 is 15.2 Å². The molecule has 2 unspecified atom stereocenters. The zero-order valence-corrected chi connectivity index (χ0v) is 14.8. The number of rotatable bonds is 7. The van der Waals surface area contributed by atoms with E-state index < -0.39 is 5.97 Å². The van der Waals surface area contributed by atoms with E-state index in [9.17, 15) is 9.59 Å². The number of carbonyl (C=O) groups excluding carboxylic acids is 1. The molecule has 136 valence electrons. The van der Waals surface area contributed by atoms with Gasteiger partial charge in [0, 0.05) is 24.5 Å². The van der Waals surface area contributed by atoms with E-state index in [-0.39, 0.29) is 22.9 Å². The molecule has 3 rings (SSSR count). The number of hydrogen-bond acceptors (Lipinski definition) is 3. The van der Waals surface area contributed by atoms with Crippen LogP contribution >= 0.6 is 0 Å². The van der Waals surface area contributed by atoms with Crippen LogP contribution in [0.2, 0.25) is 0 Å². The van der Waals surface area contributed by atoms with Crippen molar-refractivity contribution in [2.45, 2.75) is 64.0 Å². The Balaban J connectivity index is 1.50. The highest BCUT2D eigenvalue weighted by atomic mass is 16.5. The number of carbonyl (C=O) groups is 2. The minimum absolute atomic E-state index is 0.0773. The third kappa shape index (κ3) is 3.71. The van der Waals surface area contributed by atoms with E-state index >= 15 is 0 Å². The first-order valence-electron chi connectivity index (χ1n) is 9.28. The molecule has 2 aliphatic rings. The highest BCUT2D eigenvalue weighted by molar-refractivity contribution is 5.87. The van der Waals surface area contributed by atoms with Gasteiger partial charge in [-0.15, -0.1) is 0 Å². The van der Waals surface area contributed by atoms with Gasteiger partial charge in [0.1, 0.15) is 0 Å². The van der Waals surface area contributed by atoms with Crippen molar-refractivity contribution in [3.8, 4) is 0 Å². The molecule has 0 radical (unpaired) electrons. The fraction of sp³-hybridized carbons (Fsp3) is 0.600. The normalized spacial score (nSPS) is 24.0. The number of aromatic carboxylic acids is 1. The number of amides is 1. The van der Waals surface area contributed by atoms with Crippen LogP contribution in [0.5, 0.6) is 0 Å². The number of carboxylic acids is 1. The Kier molecular flexibility index (Phi) is 5.42. The lowest BCUT2D eigenvalue weighted by molar-refractivity contribution is -0.144. The largest absolute Gasteiger partial charge is 0.478 e. The van der Waals surface area contributed by atoms with Crippen LogP contribution in [-0.2, 0) is 16.0 Å². The zero-order valence-electron chi connectivity index (χ0n) is 14.8. The molecule has 2 saturated carbocycles. The second-order valence-corrected chi connectivity index (χ2v) is 7.24. The molecule has 1 spiro atoms. The Labute approximate surface area is 148 Å². The van der Waals surface area contributed by atoms with E-state index in [0.717, 1.165) is 31.4 Å². The average Bonchev–Trinajstić information content (AvgIpc) is 3.12. The lowest BCUT2D eigenvalue weighted by atomic mass is 9.60. The van der Waals surface area contributed by atoms with E-state index in [1.54, 1.807) is 24.3 Å². The van der Waals surface area contributed by atoms with Crippen molar-refractivity contribution in [1.82, 2.24) is 5.32 Å². The third-order valence-electron chi connectivity index (χ3n) is 5.86. The number of carboxylic acid groups (broad SMARTS) is 1. The summed E-state index contributed by atoms with van der Waals surface area (Å²) in [4.78, 5) is 23.2. The van der Waals surface area contributed by atoms with Crippen LogP contribution in [0.1, 0.15) is 61.4 Å². The third-order valence-corrected chi connectivity index (χ3v) is 5.86. The SMILES string of the molecule is CCOC1CC(NC(=O)CCc2ccc(C(=O)O)cc2)C12CCCC2. The molecule has 2 fully saturated rings. The second-order valence-electron chi connectivity index (χ2n) is 7.24. The highest BCUT2D eigenvalue weighted by Crippen LogP contribution is 2.54. The predicted octanol–water partition coefficient (Wildman–Crippen LogP) is 3.17. The molecule has 2 atom stereocenters. The van der Waals surface area contributed by atoms with Crippen LogP contribution in [-0.4, -0.2) is 35.7 Å². The standard InChI is InChI=1S/C20H27NO4/c1-2-25-17-13-16(20(17)11-3-4-12-20)21-18(22)10-7-14-5-8-15(9-6-14)19(23)24/h5-6,8-9,16-17H,2-4,7,10-13H2,1H3,(H,21,22)(H,23,24). The van der Waals surface area contributed by atoms with Gasteiger partial charge in [-0.2, -0.15) is 0 Å². The first-order valence-corrected chi connectivity index (χ1v) is 9.28. The predicted molar refractivity (Wildman–Crippen MR) is 94.6 cm³/mol. The summed E-state index contributed by atoms with van der Waals surface area (Å²) in [6, 6.07) is 6.98. The molecule has 2 aliphatic carbocycles. The summed E-state index contributed by atoms with van der Waals surface area (Å²) in [7, 11) is 0. The van der Waals surface area contributed by atoms with Gasteiger partial charge in [-0.25, -0.2) is 4.79 Å². The van der Waals surface area contributed by atoms with Crippen LogP contribution in [0.4, 0.5) is 0 Å². The molecule has 1 amide bonds. The molecule has 2 N–H and O–H groups in total. The molecule has 0 bridgehead atoms. The van der Waals surface area contributed by atoms with Gasteiger partial charge in [-0.1, -0.05) is 25.0 Å². The number of hydrogen-bond donors (Lipinski definition) is 2. The van der Waals surface area contributed by atoms with Gasteiger partial charge in [0.05, 0.1) is 11.7 Å². The monoisotopic (exact) mass is 345 g/mol. The molecular formula is C20H27NO4. The van der Waals surface area contributed by atoms with Gasteiger partial charge in [-0.05, 0) is 50.3 Å². The van der Waals surface area contributed by atoms with Gasteiger partial charge in [0.2, 0.25) is 5.91 Å². The smallest absolute Gasteiger partial charge is 0.335 e. The summed E-state index contributed by atoms with van der Waals surface area (Å²) in [5.74, 6) is -0.853. The van der Waals surface area contributed by atoms with E-state index in [1.807, 2.05) is 6.92 Å². The Morgan fingerprint density at radius 3 is 2.52 bits per heavy atom. The summed E-state index contributed by atoms with van der Waals surface area (Å²) in [6.45, 7) is 2.77. The molecule has 0 aromatic heterocycles. The van der Waals surface area contributed by atoms with Crippen molar-refractivity contribution in [3.05, 3.63) is 35.4 Å². The van der Waals surface area contributed by atoms with Crippen LogP contribution in [0.15, 0.2) is 24.3 Å². The molecular weight excluding hydrogens is 318 g/mol. The topological polar surface area (TPSA) is 75.6 Å². The molecule has 0 saturated heterocycles. The zero-order chi connectivity index (χ0) is 17.9. The van der Waals surface area contributed by atoms with Crippen LogP contribution in [0, 0.1) is 5.41 Å². The maximum atomic E-state index is 12.4. The van der Waals surface area contributed by atoms with E-state index in [2.05, 4.69) is 5.32 Å². The Bertz CT molecular complexity index is 619. The summed E-state index contributed by atoms with van der Waals surface area (Å²) >= 11 is 0. The Morgan fingerprint density at radius 2 is 1.92 bits per heavy atom. The fourth-order valence-corrected chi connectivity index (χ4v) is 4.43. The van der Waals surface area contributed by atoms with Gasteiger partial charge in [0.25, 0.3) is 0 Å². The molecule has 1 aromatic rings. The quantitative estimate of drug-likeness (QED) is 0.796. The van der Waals surface area contributed by atoms with Crippen molar-refractivity contribution >= 4 is 11.9 Å². The number of nitrogens with one attached hydrogen (secondary N) is 1. The molecule has 0 aliphatic heterocycles. The second kappa shape index (κ2) is 7.56. The highest BCUT2D eigenvalue weighted by Gasteiger charge is 2.57. The first-order chi connectivity index (χ1) is 12.0. The molecule has 25 heavy (non-hydrogen) atoms. The van der Waals surface area contributed by atoms with Crippen molar-refractivity contribution in [1.29, 1.82) is 0 Å². The maximum Gasteiger partial charge on any atom is 0.335 e. The van der Waals surface area contributed by atoms with Gasteiger partial charge in [-0.3, -0.25) is 4.79 Å². The Morgan fingerprint density at radius 1 is 1.24 bits per heavy atom. The number of ether oxygens (including phenoxy) is 1. The van der Waals surface area contributed by atoms with Gasteiger partial charge in [0.15, 0.2) is 0 Å². The van der Waals surface area contributed by atoms with Crippen LogP contribution < -0.4 is 5.32 Å². The summed E-state index contributed by atoms with van der Waals surface area (Å²) in [5.41, 5.74) is 1.42. The first kappa shape index (κ1) is 17.9. The van der Waals surface area contributed by atoms with Crippen molar-refractivity contribution in [3.63, 3.8) is 0 Å². The minimum Gasteiger partial charge on any atom is -0.478 e. The Hall–Kier alpha value is -1.88. The summed E-state index contributed by atoms with van der Waals surface area (Å²) < 4.78 is 5.89. The summed E-state index contributed by atoms with van der Waals surface area (Å²) in [6.07, 6.45) is 7.04. The number of aryl methyl sites for hydroxylation is 1. The lowest BCUT2D eigenvalue weighted by Crippen LogP contribution is -2.63. The van der Waals surface area contributed by atoms with E-state index in [0.29, 0.717) is 18.9 Å². The average molecular weight is 345 g/mol. The molecule has 5 nitrogen and oxygen atoms in total. The fourth-order valence-electron chi connectivity index (χ4n) is 4.43. The van der Waals surface area contributed by atoms with Crippen molar-refractivity contribution in [2.75, 3.05) is 6.61 Å². The lowest BCUT2D eigenvalue weighted by Gasteiger charge is -2.54. The maximum absolute atomic E-state index is 12.4. The van der Waals surface area contributed by atoms with E-state index in [4.69, 9.17) is 9.84 Å². The number of benzene rings is 1. The molecule has 1 aromatic carbocycles.